The van der Waals surface area contributed by atoms with Crippen molar-refractivity contribution in [1.29, 1.82) is 0 Å². The Balaban J connectivity index is 1.57. The van der Waals surface area contributed by atoms with Crippen LogP contribution in [0.2, 0.25) is 0 Å². The van der Waals surface area contributed by atoms with Gasteiger partial charge in [0.1, 0.15) is 11.8 Å². The first-order valence-corrected chi connectivity index (χ1v) is 11.9. The molecule has 0 spiro atoms. The lowest BCUT2D eigenvalue weighted by atomic mass is 9.94. The average molecular weight is 512 g/mol. The van der Waals surface area contributed by atoms with Gasteiger partial charge in [0, 0.05) is 26.9 Å². The molecule has 0 aliphatic carbocycles. The molecule has 5 heteroatoms. The van der Waals surface area contributed by atoms with Crippen LogP contribution in [0.1, 0.15) is 32.3 Å². The number of benzene rings is 4. The van der Waals surface area contributed by atoms with Crippen LogP contribution in [-0.2, 0) is 0 Å². The number of anilines is 1. The van der Waals surface area contributed by atoms with E-state index in [-0.39, 0.29) is 18.1 Å². The fourth-order valence-corrected chi connectivity index (χ4v) is 4.61. The summed E-state index contributed by atoms with van der Waals surface area (Å²) in [7, 11) is 0. The van der Waals surface area contributed by atoms with E-state index >= 15 is 0 Å². The van der Waals surface area contributed by atoms with Gasteiger partial charge in [-0.05, 0) is 30.3 Å². The van der Waals surface area contributed by atoms with E-state index in [4.69, 9.17) is 4.74 Å². The van der Waals surface area contributed by atoms with Gasteiger partial charge in [0.2, 0.25) is 5.78 Å². The molecule has 0 amide bonds. The van der Waals surface area contributed by atoms with Crippen LogP contribution < -0.4 is 9.64 Å². The van der Waals surface area contributed by atoms with Crippen molar-refractivity contribution >= 4 is 33.2 Å². The molecule has 0 bridgehead atoms. The topological polar surface area (TPSA) is 46.6 Å². The molecule has 0 fully saturated rings. The fourth-order valence-electron chi connectivity index (χ4n) is 4.34. The summed E-state index contributed by atoms with van der Waals surface area (Å²) < 4.78 is 7.15. The molecule has 0 saturated heterocycles. The van der Waals surface area contributed by atoms with Gasteiger partial charge in [-0.2, -0.15) is 0 Å². The van der Waals surface area contributed by atoms with E-state index in [0.29, 0.717) is 16.9 Å². The van der Waals surface area contributed by atoms with Crippen LogP contribution in [0.3, 0.4) is 0 Å². The van der Waals surface area contributed by atoms with Crippen LogP contribution >= 0.6 is 15.9 Å². The van der Waals surface area contributed by atoms with Crippen LogP contribution in [0.4, 0.5) is 5.69 Å². The third-order valence-corrected chi connectivity index (χ3v) is 6.53. The van der Waals surface area contributed by atoms with Gasteiger partial charge >= 0.3 is 0 Å². The number of ketones is 2. The quantitative estimate of drug-likeness (QED) is 0.265. The fraction of sp³-hybridized carbons (Fsp3) is 0.103. The number of fused-ring (bicyclic) bond motifs is 1. The highest BCUT2D eigenvalue weighted by Gasteiger charge is 2.43. The van der Waals surface area contributed by atoms with E-state index in [0.717, 1.165) is 15.7 Å². The summed E-state index contributed by atoms with van der Waals surface area (Å²) in [6, 6.07) is 33.4. The van der Waals surface area contributed by atoms with Crippen molar-refractivity contribution in [2.24, 2.45) is 0 Å². The molecule has 0 aromatic heterocycles. The summed E-state index contributed by atoms with van der Waals surface area (Å²) >= 11 is 3.42. The van der Waals surface area contributed by atoms with Crippen molar-refractivity contribution < 1.29 is 14.3 Å². The van der Waals surface area contributed by atoms with Gasteiger partial charge in [-0.1, -0.05) is 94.8 Å². The van der Waals surface area contributed by atoms with Gasteiger partial charge in [0.15, 0.2) is 11.9 Å². The van der Waals surface area contributed by atoms with Gasteiger partial charge in [0.05, 0.1) is 6.54 Å². The summed E-state index contributed by atoms with van der Waals surface area (Å²) in [5, 5.41) is 0. The first-order valence-electron chi connectivity index (χ1n) is 11.1. The van der Waals surface area contributed by atoms with Crippen LogP contribution in [0, 0.1) is 0 Å². The van der Waals surface area contributed by atoms with E-state index < -0.39 is 12.1 Å². The number of hydrogen-bond donors (Lipinski definition) is 0. The SMILES string of the molecule is O=C(CN(c1ccccc1)C1c2ccccc2OC1C(=O)c1ccccc1)c1ccc(Br)cc1. The largest absolute Gasteiger partial charge is 0.479 e. The maximum atomic E-state index is 13.6. The highest BCUT2D eigenvalue weighted by Crippen LogP contribution is 2.43. The average Bonchev–Trinajstić information content (AvgIpc) is 3.27. The molecule has 168 valence electrons. The van der Waals surface area contributed by atoms with Crippen LogP contribution in [0.15, 0.2) is 114 Å². The lowest BCUT2D eigenvalue weighted by Gasteiger charge is -2.33. The highest BCUT2D eigenvalue weighted by molar-refractivity contribution is 9.10. The monoisotopic (exact) mass is 511 g/mol. The lowest BCUT2D eigenvalue weighted by molar-refractivity contribution is 0.0784. The Morgan fingerprint density at radius 3 is 2.06 bits per heavy atom. The van der Waals surface area contributed by atoms with Crippen molar-refractivity contribution in [2.45, 2.75) is 12.1 Å². The number of halogens is 1. The Morgan fingerprint density at radius 2 is 1.35 bits per heavy atom. The number of ether oxygens (including phenoxy) is 1. The zero-order chi connectivity index (χ0) is 23.5. The molecule has 4 nitrogen and oxygen atoms in total. The Bertz CT molecular complexity index is 1310. The van der Waals surface area contributed by atoms with Crippen molar-refractivity contribution in [3.05, 3.63) is 130 Å². The number of nitrogens with zero attached hydrogens (tertiary/aromatic N) is 1. The summed E-state index contributed by atoms with van der Waals surface area (Å²) in [6.45, 7) is 0.104. The molecule has 5 rings (SSSR count). The zero-order valence-electron chi connectivity index (χ0n) is 18.3. The molecule has 4 aromatic rings. The Labute approximate surface area is 206 Å². The van der Waals surface area contributed by atoms with Gasteiger partial charge in [-0.25, -0.2) is 0 Å². The molecule has 0 N–H and O–H groups in total. The van der Waals surface area contributed by atoms with E-state index in [2.05, 4.69) is 15.9 Å². The van der Waals surface area contributed by atoms with Crippen molar-refractivity contribution in [3.8, 4) is 5.75 Å². The van der Waals surface area contributed by atoms with Crippen molar-refractivity contribution in [2.75, 3.05) is 11.4 Å². The van der Waals surface area contributed by atoms with Gasteiger partial charge in [-0.15, -0.1) is 0 Å². The van der Waals surface area contributed by atoms with Gasteiger partial charge in [0.25, 0.3) is 0 Å². The molecule has 4 aromatic carbocycles. The minimum atomic E-state index is -0.780. The van der Waals surface area contributed by atoms with E-state index in [1.54, 1.807) is 24.3 Å². The third kappa shape index (κ3) is 4.39. The van der Waals surface area contributed by atoms with Crippen LogP contribution in [0.25, 0.3) is 0 Å². The van der Waals surface area contributed by atoms with E-state index in [9.17, 15) is 9.59 Å². The number of Topliss-reactive ketones (excluding diaryl/α,β-unsaturated/α-hetero) is 2. The third-order valence-electron chi connectivity index (χ3n) is 6.00. The Kier molecular flexibility index (Phi) is 6.28. The molecule has 1 heterocycles. The molecule has 2 atom stereocenters. The second-order valence-corrected chi connectivity index (χ2v) is 9.06. The van der Waals surface area contributed by atoms with Gasteiger partial charge < -0.3 is 9.64 Å². The predicted molar refractivity (Wildman–Crippen MR) is 137 cm³/mol. The standard InChI is InChI=1S/C29H22BrNO3/c30-22-17-15-20(16-18-22)25(32)19-31(23-11-5-2-6-12-23)27-24-13-7-8-14-26(24)34-29(27)28(33)21-9-3-1-4-10-21/h1-18,27,29H,19H2. The molecule has 2 unspecified atom stereocenters. The molecule has 1 aliphatic heterocycles. The number of rotatable bonds is 7. The molecular formula is C29H22BrNO3. The normalized spacial score (nSPS) is 16.4. The lowest BCUT2D eigenvalue weighted by Crippen LogP contribution is -2.42. The molecule has 0 radical (unpaired) electrons. The molecular weight excluding hydrogens is 490 g/mol. The highest BCUT2D eigenvalue weighted by atomic mass is 79.9. The first-order chi connectivity index (χ1) is 16.6. The first kappa shape index (κ1) is 22.1. The number of carbonyl (C=O) groups excluding carboxylic acids is 2. The molecule has 1 aliphatic rings. The number of hydrogen-bond acceptors (Lipinski definition) is 4. The summed E-state index contributed by atoms with van der Waals surface area (Å²) in [6.07, 6.45) is -0.780. The second kappa shape index (κ2) is 9.65. The maximum Gasteiger partial charge on any atom is 0.205 e. The Morgan fingerprint density at radius 1 is 0.735 bits per heavy atom. The summed E-state index contributed by atoms with van der Waals surface area (Å²) in [4.78, 5) is 29.0. The van der Waals surface area contributed by atoms with Crippen LogP contribution in [-0.4, -0.2) is 24.2 Å². The zero-order valence-corrected chi connectivity index (χ0v) is 19.9. The van der Waals surface area contributed by atoms with E-state index in [1.165, 1.54) is 0 Å². The number of para-hydroxylation sites is 2. The second-order valence-electron chi connectivity index (χ2n) is 8.14. The van der Waals surface area contributed by atoms with Crippen molar-refractivity contribution in [1.82, 2.24) is 0 Å². The molecule has 0 saturated carbocycles. The minimum absolute atomic E-state index is 0.0355. The molecule has 34 heavy (non-hydrogen) atoms. The minimum Gasteiger partial charge on any atom is -0.479 e. The predicted octanol–water partition coefficient (Wildman–Crippen LogP) is 6.52. The van der Waals surface area contributed by atoms with Crippen LogP contribution in [0.5, 0.6) is 5.75 Å². The number of carbonyl (C=O) groups is 2. The maximum absolute atomic E-state index is 13.6. The van der Waals surface area contributed by atoms with Crippen molar-refractivity contribution in [3.63, 3.8) is 0 Å². The summed E-state index contributed by atoms with van der Waals surface area (Å²) in [5.41, 5.74) is 2.94. The van der Waals surface area contributed by atoms with E-state index in [1.807, 2.05) is 89.8 Å². The Hall–Kier alpha value is -3.70. The summed E-state index contributed by atoms with van der Waals surface area (Å²) in [5.74, 6) is 0.518. The smallest absolute Gasteiger partial charge is 0.205 e. The van der Waals surface area contributed by atoms with Gasteiger partial charge in [-0.3, -0.25) is 9.59 Å².